The molecule has 4 nitrogen and oxygen atoms in total. The summed E-state index contributed by atoms with van der Waals surface area (Å²) < 4.78 is 36.8. The maximum atomic E-state index is 12.0. The van der Waals surface area contributed by atoms with E-state index in [1.54, 1.807) is 18.2 Å². The summed E-state index contributed by atoms with van der Waals surface area (Å²) in [5.41, 5.74) is 0.0336. The van der Waals surface area contributed by atoms with E-state index in [9.17, 15) is 18.0 Å². The zero-order chi connectivity index (χ0) is 16.8. The van der Waals surface area contributed by atoms with Crippen LogP contribution in [-0.2, 0) is 0 Å². The summed E-state index contributed by atoms with van der Waals surface area (Å²) in [6, 6.07) is 9.16. The van der Waals surface area contributed by atoms with Crippen LogP contribution in [0.4, 0.5) is 13.2 Å². The molecule has 0 saturated carbocycles. The van der Waals surface area contributed by atoms with E-state index >= 15 is 0 Å². The second-order valence-electron chi connectivity index (χ2n) is 3.83. The first kappa shape index (κ1) is 18.7. The molecule has 2 rings (SSSR count). The third-order valence-corrected chi connectivity index (χ3v) is 3.07. The number of rotatable bonds is 2. The molecule has 2 aromatic rings. The van der Waals surface area contributed by atoms with E-state index in [2.05, 4.69) is 41.8 Å². The Hall–Kier alpha value is -1.32. The van der Waals surface area contributed by atoms with Gasteiger partial charge in [-0.1, -0.05) is 12.1 Å². The lowest BCUT2D eigenvalue weighted by Gasteiger charge is -2.13. The molecule has 0 fully saturated rings. The molecule has 2 heterocycles. The molecular weight excluding hydrogens is 433 g/mol. The molecule has 0 spiro atoms. The minimum atomic E-state index is -4.67. The number of aromatic nitrogens is 2. The molecule has 0 bridgehead atoms. The van der Waals surface area contributed by atoms with Crippen molar-refractivity contribution >= 4 is 38.1 Å². The van der Waals surface area contributed by atoms with Gasteiger partial charge in [-0.2, -0.15) is 13.2 Å². The average molecular weight is 442 g/mol. The normalized spacial score (nSPS) is 12.1. The van der Waals surface area contributed by atoms with Crippen LogP contribution in [0.2, 0.25) is 0 Å². The molecule has 0 amide bonds. The van der Waals surface area contributed by atoms with Crippen LogP contribution in [0.5, 0.6) is 0 Å². The van der Waals surface area contributed by atoms with Gasteiger partial charge >= 0.3 is 6.18 Å². The van der Waals surface area contributed by atoms with E-state index in [0.717, 1.165) is 6.07 Å². The highest BCUT2D eigenvalue weighted by molar-refractivity contribution is 9.10. The van der Waals surface area contributed by atoms with Gasteiger partial charge in [0.25, 0.3) is 0 Å². The molecular formula is C13H9Br2F3N2O2. The zero-order valence-electron chi connectivity index (χ0n) is 10.8. The van der Waals surface area contributed by atoms with E-state index < -0.39 is 18.0 Å². The number of aldehydes is 1. The molecule has 1 N–H and O–H groups in total. The van der Waals surface area contributed by atoms with Crippen LogP contribution in [0.25, 0.3) is 0 Å². The van der Waals surface area contributed by atoms with Crippen molar-refractivity contribution in [3.8, 4) is 0 Å². The lowest BCUT2D eigenvalue weighted by Crippen LogP contribution is -2.21. The van der Waals surface area contributed by atoms with Crippen molar-refractivity contribution in [1.82, 2.24) is 9.97 Å². The van der Waals surface area contributed by atoms with Gasteiger partial charge in [-0.15, -0.1) is 0 Å². The summed E-state index contributed by atoms with van der Waals surface area (Å²) in [7, 11) is 0. The molecule has 1 unspecified atom stereocenters. The lowest BCUT2D eigenvalue weighted by molar-refractivity contribution is -0.208. The van der Waals surface area contributed by atoms with Crippen LogP contribution < -0.4 is 0 Å². The molecule has 0 aliphatic rings. The van der Waals surface area contributed by atoms with Crippen LogP contribution in [0.3, 0.4) is 0 Å². The number of carbonyl (C=O) groups is 1. The van der Waals surface area contributed by atoms with Gasteiger partial charge in [-0.25, -0.2) is 9.97 Å². The van der Waals surface area contributed by atoms with E-state index in [4.69, 9.17) is 5.11 Å². The topological polar surface area (TPSA) is 63.1 Å². The largest absolute Gasteiger partial charge is 0.420 e. The Bertz CT molecular complexity index is 639. The fourth-order valence-corrected chi connectivity index (χ4v) is 1.95. The monoisotopic (exact) mass is 440 g/mol. The van der Waals surface area contributed by atoms with Gasteiger partial charge in [-0.3, -0.25) is 4.79 Å². The summed E-state index contributed by atoms with van der Waals surface area (Å²) in [6.07, 6.45) is -6.48. The average Bonchev–Trinajstić information content (AvgIpc) is 2.46. The number of hydrogen-bond donors (Lipinski definition) is 1. The van der Waals surface area contributed by atoms with Crippen LogP contribution >= 0.6 is 31.9 Å². The highest BCUT2D eigenvalue weighted by Crippen LogP contribution is 2.31. The fraction of sp³-hybridized carbons (Fsp3) is 0.154. The molecule has 1 atom stereocenters. The summed E-state index contributed by atoms with van der Waals surface area (Å²) in [6.45, 7) is 0. The summed E-state index contributed by atoms with van der Waals surface area (Å²) in [5.74, 6) is 0. The molecule has 0 aromatic carbocycles. The van der Waals surface area contributed by atoms with Gasteiger partial charge in [0.1, 0.15) is 14.9 Å². The van der Waals surface area contributed by atoms with Crippen molar-refractivity contribution < 1.29 is 23.1 Å². The third-order valence-electron chi connectivity index (χ3n) is 2.18. The first-order valence-corrected chi connectivity index (χ1v) is 7.27. The number of aliphatic hydroxyl groups is 1. The number of pyridine rings is 2. The van der Waals surface area contributed by atoms with Gasteiger partial charge < -0.3 is 5.11 Å². The maximum absolute atomic E-state index is 12.0. The number of aliphatic hydroxyl groups excluding tert-OH is 1. The van der Waals surface area contributed by atoms with E-state index in [1.165, 1.54) is 12.1 Å². The van der Waals surface area contributed by atoms with E-state index in [-0.39, 0.29) is 4.60 Å². The quantitative estimate of drug-likeness (QED) is 0.563. The number of alkyl halides is 3. The van der Waals surface area contributed by atoms with Gasteiger partial charge in [0, 0.05) is 0 Å². The van der Waals surface area contributed by atoms with Gasteiger partial charge in [0.05, 0.1) is 5.69 Å². The van der Waals surface area contributed by atoms with Crippen LogP contribution in [0.1, 0.15) is 22.3 Å². The number of halogens is 5. The zero-order valence-corrected chi connectivity index (χ0v) is 13.9. The van der Waals surface area contributed by atoms with Crippen LogP contribution in [-0.4, -0.2) is 27.5 Å². The second-order valence-corrected chi connectivity index (χ2v) is 5.46. The van der Waals surface area contributed by atoms with Crippen LogP contribution in [0, 0.1) is 0 Å². The standard InChI is InChI=1S/C7H5BrF3NO.C6H4BrNO/c8-5-3-1-2-4(12-5)6(13)7(9,10)11;7-6-3-1-2-5(4-9)8-6/h1-3,6,13H;1-4H. The van der Waals surface area contributed by atoms with Gasteiger partial charge in [-0.05, 0) is 56.1 Å². The third kappa shape index (κ3) is 6.20. The van der Waals surface area contributed by atoms with E-state index in [0.29, 0.717) is 16.6 Å². The minimum absolute atomic E-state index is 0.258. The lowest BCUT2D eigenvalue weighted by atomic mass is 10.2. The Morgan fingerprint density at radius 3 is 2.00 bits per heavy atom. The number of nitrogens with zero attached hydrogens (tertiary/aromatic N) is 2. The first-order chi connectivity index (χ1) is 10.2. The van der Waals surface area contributed by atoms with Crippen molar-refractivity contribution in [2.45, 2.75) is 12.3 Å². The SMILES string of the molecule is O=Cc1cccc(Br)n1.OC(c1cccc(Br)n1)C(F)(F)F. The molecule has 22 heavy (non-hydrogen) atoms. The van der Waals surface area contributed by atoms with Crippen molar-refractivity contribution in [2.75, 3.05) is 0 Å². The predicted molar refractivity (Wildman–Crippen MR) is 80.3 cm³/mol. The summed E-state index contributed by atoms with van der Waals surface area (Å²) in [5, 5.41) is 8.77. The maximum Gasteiger partial charge on any atom is 0.420 e. The van der Waals surface area contributed by atoms with Gasteiger partial charge in [0.15, 0.2) is 12.4 Å². The number of hydrogen-bond acceptors (Lipinski definition) is 4. The van der Waals surface area contributed by atoms with Gasteiger partial charge in [0.2, 0.25) is 0 Å². The highest BCUT2D eigenvalue weighted by Gasteiger charge is 2.40. The highest BCUT2D eigenvalue weighted by atomic mass is 79.9. The Kier molecular flexibility index (Phi) is 7.11. The molecule has 9 heteroatoms. The van der Waals surface area contributed by atoms with Crippen LogP contribution in [0.15, 0.2) is 45.6 Å². The Balaban J connectivity index is 0.000000235. The molecule has 0 aliphatic heterocycles. The molecule has 0 aliphatic carbocycles. The minimum Gasteiger partial charge on any atom is -0.378 e. The number of carbonyl (C=O) groups excluding carboxylic acids is 1. The Morgan fingerprint density at radius 2 is 1.59 bits per heavy atom. The van der Waals surface area contributed by atoms with Crippen molar-refractivity contribution in [3.05, 3.63) is 57.0 Å². The van der Waals surface area contributed by atoms with Crippen molar-refractivity contribution in [2.24, 2.45) is 0 Å². The Morgan fingerprint density at radius 1 is 1.05 bits per heavy atom. The summed E-state index contributed by atoms with van der Waals surface area (Å²) >= 11 is 6.04. The Labute approximate surface area is 140 Å². The fourth-order valence-electron chi connectivity index (χ4n) is 1.23. The summed E-state index contributed by atoms with van der Waals surface area (Å²) in [4.78, 5) is 17.4. The molecule has 0 saturated heterocycles. The first-order valence-electron chi connectivity index (χ1n) is 5.69. The predicted octanol–water partition coefficient (Wildman–Crippen LogP) is 4.10. The van der Waals surface area contributed by atoms with Crippen molar-refractivity contribution in [1.29, 1.82) is 0 Å². The second kappa shape index (κ2) is 8.35. The van der Waals surface area contributed by atoms with E-state index in [1.807, 2.05) is 0 Å². The molecule has 118 valence electrons. The molecule has 0 radical (unpaired) electrons. The smallest absolute Gasteiger partial charge is 0.378 e. The van der Waals surface area contributed by atoms with Crippen molar-refractivity contribution in [3.63, 3.8) is 0 Å². The molecule has 2 aromatic heterocycles.